The van der Waals surface area contributed by atoms with Gasteiger partial charge >= 0.3 is 0 Å². The number of benzene rings is 1. The molecule has 0 aliphatic carbocycles. The summed E-state index contributed by atoms with van der Waals surface area (Å²) in [6.45, 7) is 6.34. The van der Waals surface area contributed by atoms with Gasteiger partial charge in [-0.1, -0.05) is 39.0 Å². The van der Waals surface area contributed by atoms with E-state index in [1.165, 1.54) is 6.26 Å². The van der Waals surface area contributed by atoms with E-state index >= 15 is 0 Å². The van der Waals surface area contributed by atoms with Gasteiger partial charge in [-0.2, -0.15) is 0 Å². The van der Waals surface area contributed by atoms with E-state index in [1.54, 1.807) is 24.3 Å². The van der Waals surface area contributed by atoms with Gasteiger partial charge in [0.1, 0.15) is 0 Å². The lowest BCUT2D eigenvalue weighted by Gasteiger charge is -2.16. The van der Waals surface area contributed by atoms with Crippen LogP contribution in [0.3, 0.4) is 0 Å². The first kappa shape index (κ1) is 15.9. The summed E-state index contributed by atoms with van der Waals surface area (Å²) < 4.78 is 22.8. The number of sulfone groups is 1. The van der Waals surface area contributed by atoms with E-state index in [0.717, 1.165) is 17.6 Å². The Bertz CT molecular complexity index is 546. The largest absolute Gasteiger partial charge is 0.392 e. The maximum atomic E-state index is 11.4. The molecule has 0 radical (unpaired) electrons. The zero-order valence-electron chi connectivity index (χ0n) is 12.0. The predicted molar refractivity (Wildman–Crippen MR) is 78.7 cm³/mol. The second kappa shape index (κ2) is 5.88. The van der Waals surface area contributed by atoms with Gasteiger partial charge in [0.2, 0.25) is 0 Å². The first-order valence-corrected chi connectivity index (χ1v) is 8.13. The lowest BCUT2D eigenvalue weighted by Crippen LogP contribution is -2.03. The molecule has 19 heavy (non-hydrogen) atoms. The lowest BCUT2D eigenvalue weighted by atomic mass is 9.90. The Morgan fingerprint density at radius 2 is 1.74 bits per heavy atom. The molecule has 0 heterocycles. The maximum Gasteiger partial charge on any atom is 0.175 e. The molecule has 106 valence electrons. The fraction of sp³-hybridized carbons (Fsp3) is 0.467. The topological polar surface area (TPSA) is 54.4 Å². The molecule has 0 aliphatic rings. The van der Waals surface area contributed by atoms with Crippen LogP contribution in [0, 0.1) is 5.41 Å². The number of aliphatic hydroxyl groups excluding tert-OH is 1. The van der Waals surface area contributed by atoms with E-state index < -0.39 is 9.84 Å². The minimum absolute atomic E-state index is 0.0473. The first-order valence-electron chi connectivity index (χ1n) is 6.24. The number of hydrogen-bond acceptors (Lipinski definition) is 3. The summed E-state index contributed by atoms with van der Waals surface area (Å²) in [6.07, 6.45) is 4.05. The number of rotatable bonds is 4. The van der Waals surface area contributed by atoms with Crippen molar-refractivity contribution >= 4 is 15.4 Å². The van der Waals surface area contributed by atoms with Crippen LogP contribution in [0.4, 0.5) is 0 Å². The Morgan fingerprint density at radius 1 is 1.21 bits per heavy atom. The molecule has 0 fully saturated rings. The number of aliphatic hydroxyl groups is 1. The SMILES string of the molecule is CC(C)(C)C/C=C(/CO)c1ccc(S(C)(=O)=O)cc1. The van der Waals surface area contributed by atoms with Gasteiger partial charge in [-0.15, -0.1) is 0 Å². The summed E-state index contributed by atoms with van der Waals surface area (Å²) >= 11 is 0. The van der Waals surface area contributed by atoms with Crippen LogP contribution in [0.25, 0.3) is 5.57 Å². The summed E-state index contributed by atoms with van der Waals surface area (Å²) in [5.74, 6) is 0. The molecule has 0 bridgehead atoms. The molecule has 0 spiro atoms. The van der Waals surface area contributed by atoms with Crippen LogP contribution in [-0.2, 0) is 9.84 Å². The quantitative estimate of drug-likeness (QED) is 0.924. The minimum Gasteiger partial charge on any atom is -0.392 e. The summed E-state index contributed by atoms with van der Waals surface area (Å²) in [5, 5.41) is 9.42. The van der Waals surface area contributed by atoms with E-state index in [9.17, 15) is 13.5 Å². The second-order valence-corrected chi connectivity index (χ2v) is 7.96. The molecule has 3 nitrogen and oxygen atoms in total. The van der Waals surface area contributed by atoms with Crippen molar-refractivity contribution in [2.75, 3.05) is 12.9 Å². The molecule has 0 amide bonds. The highest BCUT2D eigenvalue weighted by Crippen LogP contribution is 2.24. The van der Waals surface area contributed by atoms with Crippen molar-refractivity contribution in [3.8, 4) is 0 Å². The Morgan fingerprint density at radius 3 is 2.11 bits per heavy atom. The highest BCUT2D eigenvalue weighted by Gasteiger charge is 2.10. The van der Waals surface area contributed by atoms with Crippen LogP contribution in [0.2, 0.25) is 0 Å². The fourth-order valence-corrected chi connectivity index (χ4v) is 2.25. The molecule has 1 aromatic carbocycles. The normalized spacial score (nSPS) is 13.6. The Kier molecular flexibility index (Phi) is 4.93. The van der Waals surface area contributed by atoms with E-state index in [0.29, 0.717) is 4.90 Å². The third-order valence-corrected chi connectivity index (χ3v) is 3.91. The van der Waals surface area contributed by atoms with Crippen LogP contribution in [0.1, 0.15) is 32.8 Å². The molecule has 0 unspecified atom stereocenters. The molecule has 4 heteroatoms. The van der Waals surface area contributed by atoms with Crippen LogP contribution in [0.5, 0.6) is 0 Å². The third-order valence-electron chi connectivity index (χ3n) is 2.78. The molecule has 1 aromatic rings. The van der Waals surface area contributed by atoms with Crippen molar-refractivity contribution in [3.63, 3.8) is 0 Å². The standard InChI is InChI=1S/C15H22O3S/c1-15(2,3)10-9-13(11-16)12-5-7-14(8-6-12)19(4,17)18/h5-9,16H,10-11H2,1-4H3/b13-9-. The van der Waals surface area contributed by atoms with Gasteiger partial charge in [0.25, 0.3) is 0 Å². The van der Waals surface area contributed by atoms with Gasteiger partial charge < -0.3 is 5.11 Å². The summed E-state index contributed by atoms with van der Waals surface area (Å²) in [4.78, 5) is 0.296. The summed E-state index contributed by atoms with van der Waals surface area (Å²) in [7, 11) is -3.17. The van der Waals surface area contributed by atoms with Crippen molar-refractivity contribution in [1.82, 2.24) is 0 Å². The Labute approximate surface area is 115 Å². The van der Waals surface area contributed by atoms with E-state index in [-0.39, 0.29) is 12.0 Å². The molecule has 0 saturated carbocycles. The molecule has 1 N–H and O–H groups in total. The van der Waals surface area contributed by atoms with Crippen LogP contribution in [-0.4, -0.2) is 26.4 Å². The van der Waals surface area contributed by atoms with Gasteiger partial charge in [-0.25, -0.2) is 8.42 Å². The van der Waals surface area contributed by atoms with E-state index in [4.69, 9.17) is 0 Å². The van der Waals surface area contributed by atoms with Gasteiger partial charge in [0, 0.05) is 6.26 Å². The van der Waals surface area contributed by atoms with Crippen LogP contribution in [0.15, 0.2) is 35.2 Å². The fourth-order valence-electron chi connectivity index (χ4n) is 1.62. The zero-order valence-corrected chi connectivity index (χ0v) is 12.8. The van der Waals surface area contributed by atoms with Crippen molar-refractivity contribution < 1.29 is 13.5 Å². The highest BCUT2D eigenvalue weighted by molar-refractivity contribution is 7.90. The van der Waals surface area contributed by atoms with Crippen molar-refractivity contribution in [3.05, 3.63) is 35.9 Å². The predicted octanol–water partition coefficient (Wildman–Crippen LogP) is 2.90. The van der Waals surface area contributed by atoms with Crippen LogP contribution >= 0.6 is 0 Å². The molecule has 0 aliphatic heterocycles. The van der Waals surface area contributed by atoms with Crippen molar-refractivity contribution in [1.29, 1.82) is 0 Å². The van der Waals surface area contributed by atoms with E-state index in [1.807, 2.05) is 6.08 Å². The molecule has 1 rings (SSSR count). The molecular formula is C15H22O3S. The smallest absolute Gasteiger partial charge is 0.175 e. The molecular weight excluding hydrogens is 260 g/mol. The lowest BCUT2D eigenvalue weighted by molar-refractivity contribution is 0.348. The monoisotopic (exact) mass is 282 g/mol. The van der Waals surface area contributed by atoms with Gasteiger partial charge in [0.05, 0.1) is 11.5 Å². The summed E-state index contributed by atoms with van der Waals surface area (Å²) in [6, 6.07) is 6.62. The summed E-state index contributed by atoms with van der Waals surface area (Å²) in [5.41, 5.74) is 1.85. The highest BCUT2D eigenvalue weighted by atomic mass is 32.2. The molecule has 0 aromatic heterocycles. The van der Waals surface area contributed by atoms with Gasteiger partial charge in [-0.3, -0.25) is 0 Å². The van der Waals surface area contributed by atoms with E-state index in [2.05, 4.69) is 20.8 Å². The third kappa shape index (κ3) is 5.17. The zero-order chi connectivity index (χ0) is 14.7. The van der Waals surface area contributed by atoms with Crippen molar-refractivity contribution in [2.24, 2.45) is 5.41 Å². The average Bonchev–Trinajstić information content (AvgIpc) is 2.28. The second-order valence-electron chi connectivity index (χ2n) is 5.95. The molecule has 0 atom stereocenters. The number of hydrogen-bond donors (Lipinski definition) is 1. The van der Waals surface area contributed by atoms with Crippen LogP contribution < -0.4 is 0 Å². The Hall–Kier alpha value is -1.13. The maximum absolute atomic E-state index is 11.4. The van der Waals surface area contributed by atoms with Crippen molar-refractivity contribution in [2.45, 2.75) is 32.1 Å². The first-order chi connectivity index (χ1) is 8.63. The van der Waals surface area contributed by atoms with Gasteiger partial charge in [-0.05, 0) is 35.1 Å². The average molecular weight is 282 g/mol. The number of allylic oxidation sites excluding steroid dienone is 1. The van der Waals surface area contributed by atoms with Gasteiger partial charge in [0.15, 0.2) is 9.84 Å². The molecule has 0 saturated heterocycles. The Balaban J connectivity index is 3.01. The minimum atomic E-state index is -3.17.